The molecule has 3 aliphatic rings. The predicted octanol–water partition coefficient (Wildman–Crippen LogP) is 3.44. The molecular weight excluding hydrogens is 490 g/mol. The number of ether oxygens (including phenoxy) is 1. The highest BCUT2D eigenvalue weighted by atomic mass is 32.2. The first-order valence-electron chi connectivity index (χ1n) is 13.7. The summed E-state index contributed by atoms with van der Waals surface area (Å²) in [4.78, 5) is 43.0. The minimum absolute atomic E-state index is 0.00713. The van der Waals surface area contributed by atoms with Crippen LogP contribution in [0.2, 0.25) is 0 Å². The molecule has 8 nitrogen and oxygen atoms in total. The highest BCUT2D eigenvalue weighted by Gasteiger charge is 2.75. The number of nitrogens with one attached hydrogen (secondary N) is 2. The fourth-order valence-electron chi connectivity index (χ4n) is 6.50. The van der Waals surface area contributed by atoms with Gasteiger partial charge in [0.05, 0.1) is 23.2 Å². The molecule has 3 saturated heterocycles. The van der Waals surface area contributed by atoms with Crippen LogP contribution in [0, 0.1) is 17.8 Å². The fourth-order valence-corrected chi connectivity index (χ4v) is 8.92. The lowest BCUT2D eigenvalue weighted by Crippen LogP contribution is -2.57. The summed E-state index contributed by atoms with van der Waals surface area (Å²) in [7, 11) is 0. The Hall–Kier alpha value is -2.26. The number of carbonyl (C=O) groups is 3. The van der Waals surface area contributed by atoms with E-state index in [0.29, 0.717) is 18.8 Å². The van der Waals surface area contributed by atoms with E-state index in [0.717, 1.165) is 37.9 Å². The molecule has 1 spiro atoms. The zero-order valence-electron chi connectivity index (χ0n) is 22.4. The summed E-state index contributed by atoms with van der Waals surface area (Å²) in [5.74, 6) is -0.449. The summed E-state index contributed by atoms with van der Waals surface area (Å²) in [6.07, 6.45) is 4.08. The Morgan fingerprint density at radius 1 is 1.16 bits per heavy atom. The summed E-state index contributed by atoms with van der Waals surface area (Å²) in [6.45, 7) is 9.13. The maximum absolute atomic E-state index is 14.0. The molecule has 37 heavy (non-hydrogen) atoms. The molecule has 0 saturated carbocycles. The molecule has 1 aromatic rings. The van der Waals surface area contributed by atoms with E-state index in [1.54, 1.807) is 16.7 Å². The van der Waals surface area contributed by atoms with Crippen LogP contribution >= 0.6 is 11.8 Å². The van der Waals surface area contributed by atoms with Gasteiger partial charge in [-0.15, -0.1) is 11.8 Å². The van der Waals surface area contributed by atoms with Crippen LogP contribution in [0.5, 0.6) is 5.75 Å². The summed E-state index contributed by atoms with van der Waals surface area (Å²) >= 11 is 1.69. The third-order valence-electron chi connectivity index (χ3n) is 7.97. The minimum atomic E-state index is -0.605. The number of hydrogen-bond acceptors (Lipinski definition) is 6. The quantitative estimate of drug-likeness (QED) is 0.357. The third-order valence-corrected chi connectivity index (χ3v) is 10.0. The lowest BCUT2D eigenvalue weighted by molar-refractivity contribution is -0.139. The number of aliphatic hydroxyl groups excluding tert-OH is 1. The second kappa shape index (κ2) is 11.6. The van der Waals surface area contributed by atoms with Crippen molar-refractivity contribution >= 4 is 35.2 Å². The van der Waals surface area contributed by atoms with Gasteiger partial charge in [0.2, 0.25) is 17.7 Å². The van der Waals surface area contributed by atoms with Gasteiger partial charge >= 0.3 is 0 Å². The predicted molar refractivity (Wildman–Crippen MR) is 145 cm³/mol. The van der Waals surface area contributed by atoms with E-state index < -0.39 is 22.6 Å². The molecule has 9 heteroatoms. The van der Waals surface area contributed by atoms with Gasteiger partial charge < -0.3 is 25.4 Å². The Labute approximate surface area is 224 Å². The number of benzene rings is 1. The molecule has 0 aromatic heterocycles. The van der Waals surface area contributed by atoms with Crippen molar-refractivity contribution in [2.75, 3.05) is 25.1 Å². The molecule has 6 atom stereocenters. The first-order chi connectivity index (χ1) is 17.7. The van der Waals surface area contributed by atoms with E-state index in [1.807, 2.05) is 45.0 Å². The first kappa shape index (κ1) is 27.8. The molecule has 3 heterocycles. The Kier molecular flexibility index (Phi) is 8.74. The first-order valence-corrected chi connectivity index (χ1v) is 14.6. The molecule has 3 aliphatic heterocycles. The van der Waals surface area contributed by atoms with Crippen molar-refractivity contribution in [1.82, 2.24) is 10.2 Å². The van der Waals surface area contributed by atoms with Crippen molar-refractivity contribution in [1.29, 1.82) is 0 Å². The number of fused-ring (bicyclic) bond motifs is 1. The second-order valence-corrected chi connectivity index (χ2v) is 12.4. The molecule has 3 unspecified atom stereocenters. The van der Waals surface area contributed by atoms with E-state index in [2.05, 4.69) is 17.6 Å². The summed E-state index contributed by atoms with van der Waals surface area (Å²) < 4.78 is 4.89. The number of aliphatic hydroxyl groups is 1. The molecule has 3 N–H and O–H groups in total. The Morgan fingerprint density at radius 2 is 1.86 bits per heavy atom. The lowest BCUT2D eigenvalue weighted by Gasteiger charge is -2.39. The number of hydrogen-bond donors (Lipinski definition) is 3. The van der Waals surface area contributed by atoms with Crippen LogP contribution in [-0.2, 0) is 14.4 Å². The van der Waals surface area contributed by atoms with E-state index >= 15 is 0 Å². The van der Waals surface area contributed by atoms with Crippen LogP contribution in [0.3, 0.4) is 0 Å². The smallest absolute Gasteiger partial charge is 0.244 e. The number of nitrogens with zero attached hydrogens (tertiary/aromatic N) is 1. The van der Waals surface area contributed by atoms with Crippen LogP contribution in [0.25, 0.3) is 0 Å². The molecule has 3 fully saturated rings. The molecule has 4 rings (SSSR count). The van der Waals surface area contributed by atoms with E-state index in [1.165, 1.54) is 0 Å². The monoisotopic (exact) mass is 531 g/mol. The third kappa shape index (κ3) is 5.21. The maximum Gasteiger partial charge on any atom is 0.244 e. The zero-order chi connectivity index (χ0) is 26.7. The van der Waals surface area contributed by atoms with Crippen molar-refractivity contribution in [3.63, 3.8) is 0 Å². The van der Waals surface area contributed by atoms with Gasteiger partial charge in [-0.05, 0) is 70.2 Å². The van der Waals surface area contributed by atoms with Crippen LogP contribution in [0.15, 0.2) is 24.3 Å². The molecule has 2 bridgehead atoms. The highest BCUT2D eigenvalue weighted by Crippen LogP contribution is 2.68. The summed E-state index contributed by atoms with van der Waals surface area (Å²) in [5.41, 5.74) is 0.670. The summed E-state index contributed by atoms with van der Waals surface area (Å²) in [5, 5.41) is 15.2. The van der Waals surface area contributed by atoms with E-state index in [-0.39, 0.29) is 41.5 Å². The SMILES string of the molecule is CCOc1ccc(NC(=O)[C@@H]2[C@@H]3CC(C)C4(S3)C(C(=O)NC(C)C)N(CCCCCCO)C(=O)[C@H]24)cc1. The second-order valence-electron chi connectivity index (χ2n) is 10.8. The van der Waals surface area contributed by atoms with Gasteiger partial charge in [-0.3, -0.25) is 14.4 Å². The Morgan fingerprint density at radius 3 is 2.51 bits per heavy atom. The van der Waals surface area contributed by atoms with Gasteiger partial charge in [0.25, 0.3) is 0 Å². The topological polar surface area (TPSA) is 108 Å². The van der Waals surface area contributed by atoms with Crippen LogP contribution in [0.1, 0.15) is 59.8 Å². The number of likely N-dealkylation sites (tertiary alicyclic amines) is 1. The van der Waals surface area contributed by atoms with E-state index in [4.69, 9.17) is 9.84 Å². The van der Waals surface area contributed by atoms with Crippen molar-refractivity contribution in [2.24, 2.45) is 17.8 Å². The van der Waals surface area contributed by atoms with Gasteiger partial charge in [-0.25, -0.2) is 0 Å². The van der Waals surface area contributed by atoms with Gasteiger partial charge in [-0.2, -0.15) is 0 Å². The standard InChI is InChI=1S/C28H41N3O5S/c1-5-36-20-12-10-19(11-13-20)30-25(33)22-21-16-18(4)28(37-21)23(22)27(35)31(14-8-6-7-9-15-32)24(28)26(34)29-17(2)3/h10-13,17-18,21-24,32H,5-9,14-16H2,1-4H3,(H,29,34)(H,30,33)/t18?,21-,22+,23-,24?,28?/m0/s1. The largest absolute Gasteiger partial charge is 0.494 e. The molecule has 3 amide bonds. The van der Waals surface area contributed by atoms with Gasteiger partial charge in [0.15, 0.2) is 0 Å². The minimum Gasteiger partial charge on any atom is -0.494 e. The fraction of sp³-hybridized carbons (Fsp3) is 0.679. The number of thioether (sulfide) groups is 1. The molecule has 0 radical (unpaired) electrons. The molecule has 204 valence electrons. The van der Waals surface area contributed by atoms with Crippen molar-refractivity contribution in [3.8, 4) is 5.75 Å². The van der Waals surface area contributed by atoms with Crippen molar-refractivity contribution in [3.05, 3.63) is 24.3 Å². The van der Waals surface area contributed by atoms with Crippen LogP contribution < -0.4 is 15.4 Å². The number of carbonyl (C=O) groups excluding carboxylic acids is 3. The van der Waals surface area contributed by atoms with Crippen LogP contribution in [-0.4, -0.2) is 69.6 Å². The van der Waals surface area contributed by atoms with Crippen LogP contribution in [0.4, 0.5) is 5.69 Å². The number of rotatable bonds is 12. The molecule has 1 aromatic carbocycles. The molecular formula is C28H41N3O5S. The molecule has 0 aliphatic carbocycles. The van der Waals surface area contributed by atoms with Crippen molar-refractivity contribution < 1.29 is 24.2 Å². The number of anilines is 1. The average Bonchev–Trinajstić information content (AvgIpc) is 3.43. The summed E-state index contributed by atoms with van der Waals surface area (Å²) in [6, 6.07) is 6.65. The Bertz CT molecular complexity index is 987. The number of amides is 3. The Balaban J connectivity index is 1.59. The normalized spacial score (nSPS) is 30.1. The van der Waals surface area contributed by atoms with Gasteiger partial charge in [-0.1, -0.05) is 19.8 Å². The number of unbranched alkanes of at least 4 members (excludes halogenated alkanes) is 3. The highest BCUT2D eigenvalue weighted by molar-refractivity contribution is 8.02. The zero-order valence-corrected chi connectivity index (χ0v) is 23.2. The van der Waals surface area contributed by atoms with E-state index in [9.17, 15) is 14.4 Å². The average molecular weight is 532 g/mol. The maximum atomic E-state index is 14.0. The van der Waals surface area contributed by atoms with Crippen molar-refractivity contribution in [2.45, 2.75) is 81.9 Å². The van der Waals surface area contributed by atoms with Gasteiger partial charge in [0, 0.05) is 30.1 Å². The lowest BCUT2D eigenvalue weighted by atomic mass is 9.66. The van der Waals surface area contributed by atoms with Gasteiger partial charge in [0.1, 0.15) is 11.8 Å².